The highest BCUT2D eigenvalue weighted by atomic mass is 16.5. The SMILES string of the molecule is COc1ccc(C)cc1N1CCn2c1nc1c2c(=O)n(CC(=O)C(C)(C)C)c(=O)n1C. The topological polar surface area (TPSA) is 91.4 Å². The Kier molecular flexibility index (Phi) is 4.79. The molecule has 0 saturated carbocycles. The highest BCUT2D eigenvalue weighted by molar-refractivity contribution is 5.84. The Balaban J connectivity index is 1.91. The predicted octanol–water partition coefficient (Wildman–Crippen LogP) is 1.98. The van der Waals surface area contributed by atoms with Crippen molar-refractivity contribution >= 4 is 28.6 Å². The van der Waals surface area contributed by atoms with Crippen LogP contribution in [0.2, 0.25) is 0 Å². The number of imidazole rings is 1. The molecule has 0 bridgehead atoms. The number of anilines is 2. The average molecular weight is 425 g/mol. The molecule has 0 radical (unpaired) electrons. The summed E-state index contributed by atoms with van der Waals surface area (Å²) in [7, 11) is 3.18. The minimum Gasteiger partial charge on any atom is -0.495 e. The van der Waals surface area contributed by atoms with Gasteiger partial charge in [0.1, 0.15) is 5.75 Å². The molecule has 1 aliphatic heterocycles. The van der Waals surface area contributed by atoms with E-state index in [-0.39, 0.29) is 12.3 Å². The van der Waals surface area contributed by atoms with Crippen molar-refractivity contribution in [3.8, 4) is 5.75 Å². The Labute approximate surface area is 179 Å². The standard InChI is InChI=1S/C22H27N5O4/c1-13-7-8-15(31-6)14(11-13)25-9-10-26-17-18(23-20(25)26)24(5)21(30)27(19(17)29)12-16(28)22(2,3)4/h7-8,11H,9-10,12H2,1-6H3. The maximum atomic E-state index is 13.3. The van der Waals surface area contributed by atoms with Gasteiger partial charge < -0.3 is 14.2 Å². The summed E-state index contributed by atoms with van der Waals surface area (Å²) in [6.07, 6.45) is 0. The number of benzene rings is 1. The van der Waals surface area contributed by atoms with Crippen molar-refractivity contribution in [2.45, 2.75) is 40.8 Å². The number of carbonyl (C=O) groups excluding carboxylic acids is 1. The second kappa shape index (κ2) is 7.11. The molecular weight excluding hydrogens is 398 g/mol. The van der Waals surface area contributed by atoms with Crippen LogP contribution in [0.4, 0.5) is 11.6 Å². The molecular formula is C22H27N5O4. The van der Waals surface area contributed by atoms with Crippen molar-refractivity contribution in [1.82, 2.24) is 18.7 Å². The number of rotatable bonds is 4. The number of ketones is 1. The molecule has 4 rings (SSSR count). The number of nitrogens with zero attached hydrogens (tertiary/aromatic N) is 5. The van der Waals surface area contributed by atoms with E-state index in [0.29, 0.717) is 36.0 Å². The van der Waals surface area contributed by atoms with Crippen LogP contribution in [0.25, 0.3) is 11.2 Å². The van der Waals surface area contributed by atoms with Crippen molar-refractivity contribution < 1.29 is 9.53 Å². The van der Waals surface area contributed by atoms with E-state index in [0.717, 1.165) is 15.8 Å². The highest BCUT2D eigenvalue weighted by Crippen LogP contribution is 2.37. The quantitative estimate of drug-likeness (QED) is 0.635. The molecule has 0 unspecified atom stereocenters. The Bertz CT molecular complexity index is 1320. The third-order valence-corrected chi connectivity index (χ3v) is 5.76. The zero-order chi connectivity index (χ0) is 22.7. The Morgan fingerprint density at radius 2 is 1.90 bits per heavy atom. The zero-order valence-electron chi connectivity index (χ0n) is 18.7. The van der Waals surface area contributed by atoms with Gasteiger partial charge in [0.2, 0.25) is 5.95 Å². The van der Waals surface area contributed by atoms with Crippen LogP contribution in [-0.2, 0) is 24.9 Å². The molecule has 0 amide bonds. The van der Waals surface area contributed by atoms with Crippen LogP contribution in [0, 0.1) is 12.3 Å². The number of aryl methyl sites for hydroxylation is 2. The molecule has 164 valence electrons. The summed E-state index contributed by atoms with van der Waals surface area (Å²) >= 11 is 0. The lowest BCUT2D eigenvalue weighted by Gasteiger charge is -2.19. The summed E-state index contributed by atoms with van der Waals surface area (Å²) in [4.78, 5) is 45.4. The van der Waals surface area contributed by atoms with E-state index < -0.39 is 16.7 Å². The molecule has 1 aliphatic rings. The van der Waals surface area contributed by atoms with Gasteiger partial charge in [-0.25, -0.2) is 4.79 Å². The zero-order valence-corrected chi connectivity index (χ0v) is 18.7. The molecule has 9 heteroatoms. The molecule has 2 aromatic heterocycles. The van der Waals surface area contributed by atoms with Crippen LogP contribution in [-0.4, -0.2) is 38.1 Å². The van der Waals surface area contributed by atoms with Crippen LogP contribution in [0.5, 0.6) is 5.75 Å². The van der Waals surface area contributed by atoms with Gasteiger partial charge in [-0.3, -0.25) is 18.7 Å². The minimum atomic E-state index is -0.655. The normalized spacial score (nSPS) is 13.7. The number of hydrogen-bond donors (Lipinski definition) is 0. The molecule has 9 nitrogen and oxygen atoms in total. The fraction of sp³-hybridized carbons (Fsp3) is 0.455. The molecule has 3 aromatic rings. The summed E-state index contributed by atoms with van der Waals surface area (Å²) in [6.45, 7) is 8.19. The van der Waals surface area contributed by atoms with E-state index >= 15 is 0 Å². The van der Waals surface area contributed by atoms with Gasteiger partial charge in [-0.1, -0.05) is 26.8 Å². The summed E-state index contributed by atoms with van der Waals surface area (Å²) in [5.41, 5.74) is 0.857. The van der Waals surface area contributed by atoms with Crippen LogP contribution < -0.4 is 20.9 Å². The van der Waals surface area contributed by atoms with Crippen molar-refractivity contribution in [2.24, 2.45) is 12.5 Å². The van der Waals surface area contributed by atoms with Crippen LogP contribution in [0.15, 0.2) is 27.8 Å². The van der Waals surface area contributed by atoms with E-state index in [1.165, 1.54) is 4.57 Å². The number of fused-ring (bicyclic) bond motifs is 3. The molecule has 1 aromatic carbocycles. The maximum absolute atomic E-state index is 13.3. The molecule has 0 fully saturated rings. The smallest absolute Gasteiger partial charge is 0.332 e. The first kappa shape index (κ1) is 20.9. The fourth-order valence-electron chi connectivity index (χ4n) is 3.84. The largest absolute Gasteiger partial charge is 0.495 e. The highest BCUT2D eigenvalue weighted by Gasteiger charge is 2.31. The minimum absolute atomic E-state index is 0.182. The second-order valence-electron chi connectivity index (χ2n) is 8.97. The molecule has 0 atom stereocenters. The lowest BCUT2D eigenvalue weighted by atomic mass is 9.91. The summed E-state index contributed by atoms with van der Waals surface area (Å²) in [6, 6.07) is 5.87. The lowest BCUT2D eigenvalue weighted by molar-refractivity contribution is -0.127. The van der Waals surface area contributed by atoms with Gasteiger partial charge in [0, 0.05) is 25.6 Å². The third-order valence-electron chi connectivity index (χ3n) is 5.76. The first-order chi connectivity index (χ1) is 14.5. The summed E-state index contributed by atoms with van der Waals surface area (Å²) in [5.74, 6) is 1.09. The third kappa shape index (κ3) is 3.24. The second-order valence-corrected chi connectivity index (χ2v) is 8.97. The van der Waals surface area contributed by atoms with E-state index in [4.69, 9.17) is 4.74 Å². The van der Waals surface area contributed by atoms with Gasteiger partial charge >= 0.3 is 5.69 Å². The molecule has 0 N–H and O–H groups in total. The van der Waals surface area contributed by atoms with E-state index in [2.05, 4.69) is 4.98 Å². The maximum Gasteiger partial charge on any atom is 0.332 e. The van der Waals surface area contributed by atoms with Crippen LogP contribution in [0.1, 0.15) is 26.3 Å². The van der Waals surface area contributed by atoms with E-state index in [1.807, 2.05) is 34.6 Å². The molecule has 31 heavy (non-hydrogen) atoms. The summed E-state index contributed by atoms with van der Waals surface area (Å²) in [5, 5.41) is 0. The first-order valence-corrected chi connectivity index (χ1v) is 10.2. The van der Waals surface area contributed by atoms with Gasteiger partial charge in [-0.15, -0.1) is 0 Å². The van der Waals surface area contributed by atoms with Gasteiger partial charge in [-0.05, 0) is 24.6 Å². The molecule has 0 aliphatic carbocycles. The van der Waals surface area contributed by atoms with Gasteiger partial charge in [-0.2, -0.15) is 4.98 Å². The van der Waals surface area contributed by atoms with Crippen LogP contribution >= 0.6 is 0 Å². The number of Topliss-reactive ketones (excluding diaryl/α,β-unsaturated/α-hetero) is 1. The van der Waals surface area contributed by atoms with Crippen molar-refractivity contribution in [2.75, 3.05) is 18.6 Å². The Morgan fingerprint density at radius 1 is 1.19 bits per heavy atom. The van der Waals surface area contributed by atoms with Crippen molar-refractivity contribution in [3.05, 3.63) is 44.6 Å². The number of methoxy groups -OCH3 is 1. The van der Waals surface area contributed by atoms with Crippen molar-refractivity contribution in [1.29, 1.82) is 0 Å². The lowest BCUT2D eigenvalue weighted by Crippen LogP contribution is -2.43. The summed E-state index contributed by atoms with van der Waals surface area (Å²) < 4.78 is 9.69. The van der Waals surface area contributed by atoms with E-state index in [1.54, 1.807) is 34.9 Å². The number of aromatic nitrogens is 4. The van der Waals surface area contributed by atoms with Gasteiger partial charge in [0.25, 0.3) is 5.56 Å². The number of carbonyl (C=O) groups is 1. The molecule has 3 heterocycles. The molecule has 0 spiro atoms. The molecule has 0 saturated heterocycles. The monoisotopic (exact) mass is 425 g/mol. The van der Waals surface area contributed by atoms with Crippen LogP contribution in [0.3, 0.4) is 0 Å². The fourth-order valence-corrected chi connectivity index (χ4v) is 3.84. The predicted molar refractivity (Wildman–Crippen MR) is 118 cm³/mol. The van der Waals surface area contributed by atoms with Gasteiger partial charge in [0.15, 0.2) is 16.9 Å². The first-order valence-electron chi connectivity index (χ1n) is 10.2. The van der Waals surface area contributed by atoms with Gasteiger partial charge in [0.05, 0.1) is 19.3 Å². The Morgan fingerprint density at radius 3 is 2.55 bits per heavy atom. The number of hydrogen-bond acceptors (Lipinski definition) is 6. The van der Waals surface area contributed by atoms with E-state index in [9.17, 15) is 14.4 Å². The Hall–Kier alpha value is -3.36. The van der Waals surface area contributed by atoms with Crippen molar-refractivity contribution in [3.63, 3.8) is 0 Å². The average Bonchev–Trinajstić information content (AvgIpc) is 3.28. The number of ether oxygens (including phenoxy) is 1.